The van der Waals surface area contributed by atoms with E-state index in [2.05, 4.69) is 20.4 Å². The Morgan fingerprint density at radius 1 is 1.30 bits per heavy atom. The van der Waals surface area contributed by atoms with Crippen molar-refractivity contribution in [3.05, 3.63) is 35.4 Å². The lowest BCUT2D eigenvalue weighted by Gasteiger charge is -2.42. The molecule has 2 fully saturated rings. The Labute approximate surface area is 158 Å². The number of hydrogen-bond donors (Lipinski definition) is 2. The number of nitrogens with zero attached hydrogens (tertiary/aromatic N) is 4. The van der Waals surface area contributed by atoms with Gasteiger partial charge in [0.2, 0.25) is 0 Å². The van der Waals surface area contributed by atoms with E-state index in [4.69, 9.17) is 10.00 Å². The number of hydrogen-bond acceptors (Lipinski definition) is 7. The van der Waals surface area contributed by atoms with Gasteiger partial charge in [-0.1, -0.05) is 0 Å². The predicted octanol–water partition coefficient (Wildman–Crippen LogP) is 2.30. The lowest BCUT2D eigenvalue weighted by Crippen LogP contribution is -2.54. The molecule has 2 saturated heterocycles. The molecule has 27 heavy (non-hydrogen) atoms. The van der Waals surface area contributed by atoms with Crippen LogP contribution in [-0.4, -0.2) is 58.6 Å². The highest BCUT2D eigenvalue weighted by atomic mass is 16.5. The quantitative estimate of drug-likeness (QED) is 0.858. The molecule has 0 aliphatic carbocycles. The fraction of sp³-hybridized carbons (Fsp3) is 0.450. The Bertz CT molecular complexity index is 875. The minimum absolute atomic E-state index is 0.0396. The summed E-state index contributed by atoms with van der Waals surface area (Å²) in [6.45, 7) is 5.76. The highest BCUT2D eigenvalue weighted by molar-refractivity contribution is 5.71. The molecule has 2 aromatic rings. The molecule has 140 valence electrons. The second-order valence-electron chi connectivity index (χ2n) is 7.27. The number of nitriles is 1. The molecule has 7 heteroatoms. The summed E-state index contributed by atoms with van der Waals surface area (Å²) in [7, 11) is 0. The maximum absolute atomic E-state index is 10.2. The molecule has 7 nitrogen and oxygen atoms in total. The number of aromatic nitrogens is 2. The lowest BCUT2D eigenvalue weighted by atomic mass is 10.0. The predicted molar refractivity (Wildman–Crippen MR) is 101 cm³/mol. The minimum Gasteiger partial charge on any atom is -0.507 e. The summed E-state index contributed by atoms with van der Waals surface area (Å²) in [4.78, 5) is 2.49. The third-order valence-corrected chi connectivity index (χ3v) is 5.31. The van der Waals surface area contributed by atoms with Crippen LogP contribution in [0.2, 0.25) is 0 Å². The monoisotopic (exact) mass is 365 g/mol. The van der Waals surface area contributed by atoms with Crippen LogP contribution in [0.4, 0.5) is 5.82 Å². The first-order valence-corrected chi connectivity index (χ1v) is 9.30. The molecule has 0 bridgehead atoms. The Morgan fingerprint density at radius 2 is 2.15 bits per heavy atom. The molecular weight excluding hydrogens is 342 g/mol. The van der Waals surface area contributed by atoms with Crippen molar-refractivity contribution in [2.24, 2.45) is 0 Å². The van der Waals surface area contributed by atoms with E-state index in [1.807, 2.05) is 19.1 Å². The highest BCUT2D eigenvalue weighted by Gasteiger charge is 2.30. The number of rotatable bonds is 4. The Hall–Kier alpha value is -2.69. The summed E-state index contributed by atoms with van der Waals surface area (Å²) < 4.78 is 5.31. The SMILES string of the molecule is Cc1cc(N[C@H]2CCCN(C3COC3)C2)nnc1-c1ccc(C#N)cc1O. The Kier molecular flexibility index (Phi) is 4.92. The van der Waals surface area contributed by atoms with Gasteiger partial charge in [-0.05, 0) is 56.1 Å². The van der Waals surface area contributed by atoms with Crippen LogP contribution in [0.5, 0.6) is 5.75 Å². The number of nitrogens with one attached hydrogen (secondary N) is 1. The summed E-state index contributed by atoms with van der Waals surface area (Å²) in [6.07, 6.45) is 2.28. The second kappa shape index (κ2) is 7.51. The first-order valence-electron chi connectivity index (χ1n) is 9.30. The third-order valence-electron chi connectivity index (χ3n) is 5.31. The van der Waals surface area contributed by atoms with Crippen LogP contribution in [0.3, 0.4) is 0 Å². The van der Waals surface area contributed by atoms with Crippen LogP contribution < -0.4 is 5.32 Å². The van der Waals surface area contributed by atoms with Crippen molar-refractivity contribution in [2.45, 2.75) is 31.8 Å². The van der Waals surface area contributed by atoms with Crippen LogP contribution in [0.25, 0.3) is 11.3 Å². The number of likely N-dealkylation sites (tertiary alicyclic amines) is 1. The molecule has 1 aromatic heterocycles. The van der Waals surface area contributed by atoms with Gasteiger partial charge < -0.3 is 15.2 Å². The maximum Gasteiger partial charge on any atom is 0.149 e. The molecule has 0 amide bonds. The van der Waals surface area contributed by atoms with Crippen molar-refractivity contribution in [3.63, 3.8) is 0 Å². The average molecular weight is 365 g/mol. The molecule has 2 aliphatic heterocycles. The molecular formula is C20H23N5O2. The smallest absolute Gasteiger partial charge is 0.149 e. The number of phenols is 1. The summed E-state index contributed by atoms with van der Waals surface area (Å²) in [6, 6.07) is 9.71. The second-order valence-corrected chi connectivity index (χ2v) is 7.27. The van der Waals surface area contributed by atoms with E-state index in [1.54, 1.807) is 12.1 Å². The Balaban J connectivity index is 1.48. The van der Waals surface area contributed by atoms with Crippen LogP contribution in [0, 0.1) is 18.3 Å². The average Bonchev–Trinajstić information content (AvgIpc) is 2.61. The summed E-state index contributed by atoms with van der Waals surface area (Å²) >= 11 is 0. The van der Waals surface area contributed by atoms with Gasteiger partial charge in [-0.3, -0.25) is 4.90 Å². The number of benzene rings is 1. The van der Waals surface area contributed by atoms with Gasteiger partial charge in [0.1, 0.15) is 11.6 Å². The van der Waals surface area contributed by atoms with Gasteiger partial charge >= 0.3 is 0 Å². The molecule has 4 rings (SSSR count). The number of ether oxygens (including phenoxy) is 1. The molecule has 2 aliphatic rings. The van der Waals surface area contributed by atoms with E-state index in [0.29, 0.717) is 28.9 Å². The molecule has 0 spiro atoms. The van der Waals surface area contributed by atoms with Crippen molar-refractivity contribution in [2.75, 3.05) is 31.6 Å². The first kappa shape index (κ1) is 17.7. The standard InChI is InChI=1S/C20H23N5O2/c1-13-7-19(22-15-3-2-6-25(10-15)16-11-27-12-16)23-24-20(13)17-5-4-14(9-21)8-18(17)26/h4-5,7-8,15-16,26H,2-3,6,10-12H2,1H3,(H,22,23)/t15-/m0/s1. The molecule has 0 unspecified atom stereocenters. The van der Waals surface area contributed by atoms with E-state index in [-0.39, 0.29) is 5.75 Å². The van der Waals surface area contributed by atoms with Gasteiger partial charge in [0.05, 0.1) is 36.6 Å². The topological polar surface area (TPSA) is 94.3 Å². The van der Waals surface area contributed by atoms with E-state index < -0.39 is 0 Å². The summed E-state index contributed by atoms with van der Waals surface area (Å²) in [5.74, 6) is 0.791. The van der Waals surface area contributed by atoms with E-state index in [0.717, 1.165) is 50.5 Å². The molecule has 3 heterocycles. The molecule has 1 atom stereocenters. The van der Waals surface area contributed by atoms with Crippen LogP contribution in [0.1, 0.15) is 24.0 Å². The fourth-order valence-corrected chi connectivity index (χ4v) is 3.72. The van der Waals surface area contributed by atoms with Gasteiger partial charge in [-0.2, -0.15) is 5.26 Å². The zero-order valence-electron chi connectivity index (χ0n) is 15.4. The van der Waals surface area contributed by atoms with Crippen LogP contribution in [0.15, 0.2) is 24.3 Å². The third kappa shape index (κ3) is 3.72. The van der Waals surface area contributed by atoms with Crippen molar-refractivity contribution in [1.29, 1.82) is 5.26 Å². The molecule has 0 radical (unpaired) electrons. The fourth-order valence-electron chi connectivity index (χ4n) is 3.72. The molecule has 2 N–H and O–H groups in total. The zero-order valence-corrected chi connectivity index (χ0v) is 15.4. The van der Waals surface area contributed by atoms with Crippen LogP contribution >= 0.6 is 0 Å². The normalized spacial score (nSPS) is 20.7. The van der Waals surface area contributed by atoms with Gasteiger partial charge in [0.25, 0.3) is 0 Å². The number of anilines is 1. The van der Waals surface area contributed by atoms with Gasteiger partial charge in [0, 0.05) is 18.2 Å². The first-order chi connectivity index (χ1) is 13.1. The maximum atomic E-state index is 10.2. The molecule has 0 saturated carbocycles. The number of piperidine rings is 1. The minimum atomic E-state index is 0.0396. The molecule has 1 aromatic carbocycles. The number of aryl methyl sites for hydroxylation is 1. The van der Waals surface area contributed by atoms with E-state index in [9.17, 15) is 5.11 Å². The van der Waals surface area contributed by atoms with E-state index in [1.165, 1.54) is 6.07 Å². The highest BCUT2D eigenvalue weighted by Crippen LogP contribution is 2.31. The van der Waals surface area contributed by atoms with Gasteiger partial charge in [-0.15, -0.1) is 10.2 Å². The zero-order chi connectivity index (χ0) is 18.8. The summed E-state index contributed by atoms with van der Waals surface area (Å²) in [5.41, 5.74) is 2.55. The van der Waals surface area contributed by atoms with Crippen LogP contribution in [-0.2, 0) is 4.74 Å². The van der Waals surface area contributed by atoms with Gasteiger partial charge in [-0.25, -0.2) is 0 Å². The van der Waals surface area contributed by atoms with Crippen molar-refractivity contribution in [1.82, 2.24) is 15.1 Å². The van der Waals surface area contributed by atoms with Crippen molar-refractivity contribution >= 4 is 5.82 Å². The number of phenolic OH excluding ortho intramolecular Hbond substituents is 1. The van der Waals surface area contributed by atoms with Crippen molar-refractivity contribution in [3.8, 4) is 23.1 Å². The number of aromatic hydroxyl groups is 1. The lowest BCUT2D eigenvalue weighted by molar-refractivity contribution is -0.0710. The van der Waals surface area contributed by atoms with Gasteiger partial charge in [0.15, 0.2) is 0 Å². The Morgan fingerprint density at radius 3 is 2.81 bits per heavy atom. The largest absolute Gasteiger partial charge is 0.507 e. The van der Waals surface area contributed by atoms with E-state index >= 15 is 0 Å². The van der Waals surface area contributed by atoms with Crippen molar-refractivity contribution < 1.29 is 9.84 Å². The summed E-state index contributed by atoms with van der Waals surface area (Å²) in [5, 5.41) is 31.3.